The molecular weight excluding hydrogens is 576 g/mol. The number of amides is 1. The van der Waals surface area contributed by atoms with E-state index in [1.165, 1.54) is 13.1 Å². The van der Waals surface area contributed by atoms with Gasteiger partial charge < -0.3 is 14.8 Å². The van der Waals surface area contributed by atoms with E-state index in [0.717, 1.165) is 11.1 Å². The first-order valence-corrected chi connectivity index (χ1v) is 14.1. The van der Waals surface area contributed by atoms with Crippen LogP contribution in [-0.2, 0) is 28.7 Å². The van der Waals surface area contributed by atoms with Crippen molar-refractivity contribution in [3.8, 4) is 11.1 Å². The van der Waals surface area contributed by atoms with Crippen LogP contribution >= 0.6 is 0 Å². The Morgan fingerprint density at radius 3 is 2.05 bits per heavy atom. The predicted molar refractivity (Wildman–Crippen MR) is 140 cm³/mol. The van der Waals surface area contributed by atoms with Gasteiger partial charge in [-0.15, -0.1) is 0 Å². The van der Waals surface area contributed by atoms with Crippen LogP contribution in [0.4, 0.5) is 32.2 Å². The van der Waals surface area contributed by atoms with E-state index in [9.17, 15) is 44.8 Å². The van der Waals surface area contributed by atoms with Crippen LogP contribution in [0.15, 0.2) is 54.7 Å². The van der Waals surface area contributed by atoms with Gasteiger partial charge in [0.05, 0.1) is 29.8 Å². The summed E-state index contributed by atoms with van der Waals surface area (Å²) in [5.41, 5.74) is -1.89. The lowest BCUT2D eigenvalue weighted by atomic mass is 9.96. The number of aromatic nitrogens is 1. The van der Waals surface area contributed by atoms with Gasteiger partial charge in [-0.3, -0.25) is 4.79 Å². The molecule has 220 valence electrons. The Kier molecular flexibility index (Phi) is 7.97. The van der Waals surface area contributed by atoms with Crippen LogP contribution in [0.5, 0.6) is 0 Å². The summed E-state index contributed by atoms with van der Waals surface area (Å²) in [6.45, 7) is 0.629. The maximum atomic E-state index is 13.5. The molecule has 3 aromatic rings. The largest absolute Gasteiger partial charge is 0.626 e. The number of hydrogen-bond donors (Lipinski definition) is 0. The molecule has 0 N–H and O–H groups in total. The van der Waals surface area contributed by atoms with Gasteiger partial charge in [0.25, 0.3) is 5.91 Å². The van der Waals surface area contributed by atoms with Crippen molar-refractivity contribution in [1.29, 1.82) is 0 Å². The highest BCUT2D eigenvalue weighted by Crippen LogP contribution is 2.37. The zero-order valence-corrected chi connectivity index (χ0v) is 22.7. The van der Waals surface area contributed by atoms with E-state index in [0.29, 0.717) is 23.3 Å². The Labute approximate surface area is 232 Å². The maximum absolute atomic E-state index is 13.5. The van der Waals surface area contributed by atoms with Gasteiger partial charge in [-0.25, -0.2) is 13.4 Å². The van der Waals surface area contributed by atoms with Crippen molar-refractivity contribution in [3.05, 3.63) is 87.8 Å². The topological polar surface area (TPSA) is 90.4 Å². The zero-order chi connectivity index (χ0) is 30.4. The van der Waals surface area contributed by atoms with Crippen LogP contribution in [0.2, 0.25) is 0 Å². The number of alkyl halides is 6. The molecule has 0 aliphatic carbocycles. The van der Waals surface area contributed by atoms with Gasteiger partial charge in [0.15, 0.2) is 9.84 Å². The predicted octanol–water partition coefficient (Wildman–Crippen LogP) is 5.60. The molecule has 1 aliphatic rings. The fraction of sp³-hybridized carbons (Fsp3) is 0.333. The van der Waals surface area contributed by atoms with Crippen LogP contribution in [0, 0.1) is 12.1 Å². The number of carbonyl (C=O) groups is 1. The van der Waals surface area contributed by atoms with Crippen molar-refractivity contribution in [2.24, 2.45) is 0 Å². The number of aryl methyl sites for hydroxylation is 1. The Bertz CT molecular complexity index is 1540. The Morgan fingerprint density at radius 2 is 1.51 bits per heavy atom. The zero-order valence-electron chi connectivity index (χ0n) is 21.9. The Hall–Kier alpha value is -3.49. The van der Waals surface area contributed by atoms with Crippen molar-refractivity contribution >= 4 is 21.6 Å². The molecule has 2 heterocycles. The van der Waals surface area contributed by atoms with Gasteiger partial charge in [-0.05, 0) is 41.8 Å². The highest BCUT2D eigenvalue weighted by atomic mass is 32.2. The maximum Gasteiger partial charge on any atom is 0.416 e. The molecule has 0 unspecified atom stereocenters. The summed E-state index contributed by atoms with van der Waals surface area (Å²) in [4.78, 5) is 18.7. The van der Waals surface area contributed by atoms with E-state index in [4.69, 9.17) is 0 Å². The molecule has 1 fully saturated rings. The fourth-order valence-corrected chi connectivity index (χ4v) is 5.96. The number of halogens is 6. The molecule has 0 spiro atoms. The third-order valence-corrected chi connectivity index (χ3v) is 8.52. The van der Waals surface area contributed by atoms with Crippen LogP contribution < -0.4 is 4.65 Å². The number of rotatable bonds is 5. The molecular formula is C27H25F6N3O4S. The number of quaternary nitrogens is 1. The minimum Gasteiger partial charge on any atom is -0.626 e. The highest BCUT2D eigenvalue weighted by molar-refractivity contribution is 7.91. The summed E-state index contributed by atoms with van der Waals surface area (Å²) in [6, 6.07) is 9.39. The minimum absolute atomic E-state index is 0.0117. The van der Waals surface area contributed by atoms with Gasteiger partial charge >= 0.3 is 12.4 Å². The lowest BCUT2D eigenvalue weighted by Crippen LogP contribution is -2.54. The number of pyridine rings is 1. The number of sulfone groups is 1. The van der Waals surface area contributed by atoms with Crippen molar-refractivity contribution in [3.63, 3.8) is 0 Å². The summed E-state index contributed by atoms with van der Waals surface area (Å²) in [7, 11) is -2.14. The first-order valence-electron chi connectivity index (χ1n) is 12.3. The SMILES string of the molecule is Cc1ccccc1-c1cc([N+]2([O-])CCS(=O)(=O)CC2)ncc1C(=O)N(C)Cc1cc(C(F)(F)F)cc(C(F)(F)F)c1. The van der Waals surface area contributed by atoms with E-state index in [1.54, 1.807) is 31.2 Å². The molecule has 1 amide bonds. The number of benzene rings is 2. The molecule has 7 nitrogen and oxygen atoms in total. The van der Waals surface area contributed by atoms with Crippen molar-refractivity contribution in [1.82, 2.24) is 14.5 Å². The molecule has 14 heteroatoms. The lowest BCUT2D eigenvalue weighted by Gasteiger charge is -2.43. The summed E-state index contributed by atoms with van der Waals surface area (Å²) in [5.74, 6) is -1.45. The molecule has 0 saturated carbocycles. The average molecular weight is 602 g/mol. The van der Waals surface area contributed by atoms with E-state index in [1.807, 2.05) is 0 Å². The molecule has 1 saturated heterocycles. The number of nitrogens with zero attached hydrogens (tertiary/aromatic N) is 3. The Morgan fingerprint density at radius 1 is 0.951 bits per heavy atom. The van der Waals surface area contributed by atoms with Gasteiger partial charge in [0.1, 0.15) is 11.5 Å². The van der Waals surface area contributed by atoms with Crippen LogP contribution in [0.25, 0.3) is 11.1 Å². The first-order chi connectivity index (χ1) is 18.9. The second kappa shape index (κ2) is 10.7. The highest BCUT2D eigenvalue weighted by Gasteiger charge is 2.37. The molecule has 1 aliphatic heterocycles. The number of hydrogen-bond acceptors (Lipinski definition) is 5. The molecule has 41 heavy (non-hydrogen) atoms. The molecule has 1 aromatic heterocycles. The van der Waals surface area contributed by atoms with Gasteiger partial charge in [0, 0.05) is 31.4 Å². The second-order valence-electron chi connectivity index (χ2n) is 9.97. The summed E-state index contributed by atoms with van der Waals surface area (Å²) in [6.07, 6.45) is -8.95. The van der Waals surface area contributed by atoms with Crippen LogP contribution in [0.3, 0.4) is 0 Å². The average Bonchev–Trinajstić information content (AvgIpc) is 2.89. The van der Waals surface area contributed by atoms with Crippen LogP contribution in [0.1, 0.15) is 32.6 Å². The Balaban J connectivity index is 1.74. The van der Waals surface area contributed by atoms with Crippen LogP contribution in [-0.4, -0.2) is 55.9 Å². The lowest BCUT2D eigenvalue weighted by molar-refractivity contribution is -0.143. The second-order valence-corrected chi connectivity index (χ2v) is 12.3. The monoisotopic (exact) mass is 601 g/mol. The quantitative estimate of drug-likeness (QED) is 0.216. The summed E-state index contributed by atoms with van der Waals surface area (Å²) >= 11 is 0. The van der Waals surface area contributed by atoms with Gasteiger partial charge in [0.2, 0.25) is 5.82 Å². The van der Waals surface area contributed by atoms with E-state index >= 15 is 0 Å². The number of hydroxylamine groups is 2. The van der Waals surface area contributed by atoms with E-state index < -0.39 is 50.4 Å². The normalized spacial score (nSPS) is 16.8. The molecule has 0 bridgehead atoms. The molecule has 2 aromatic carbocycles. The van der Waals surface area contributed by atoms with Crippen molar-refractivity contribution in [2.45, 2.75) is 25.8 Å². The van der Waals surface area contributed by atoms with E-state index in [2.05, 4.69) is 4.98 Å². The van der Waals surface area contributed by atoms with Crippen molar-refractivity contribution in [2.75, 3.05) is 31.6 Å². The van der Waals surface area contributed by atoms with Gasteiger partial charge in [-0.1, -0.05) is 24.3 Å². The van der Waals surface area contributed by atoms with Gasteiger partial charge in [-0.2, -0.15) is 26.3 Å². The fourth-order valence-electron chi connectivity index (χ4n) is 4.61. The minimum atomic E-state index is -5.04. The third kappa shape index (κ3) is 6.71. The summed E-state index contributed by atoms with van der Waals surface area (Å²) < 4.78 is 103. The van der Waals surface area contributed by atoms with Crippen molar-refractivity contribution < 1.29 is 39.6 Å². The summed E-state index contributed by atoms with van der Waals surface area (Å²) in [5, 5.41) is 13.5. The smallest absolute Gasteiger partial charge is 0.416 e. The molecule has 4 rings (SSSR count). The molecule has 0 atom stereocenters. The number of carbonyl (C=O) groups excluding carboxylic acids is 1. The first kappa shape index (κ1) is 30.5. The standard InChI is InChI=1S/C27H25F6N3O4S/c1-17-5-3-4-6-21(17)22-14-24(36(38)7-9-41(39,40)10-8-36)34-15-23(22)25(37)35(2)16-18-11-19(26(28,29)30)13-20(12-18)27(31,32)33/h3-6,11-15H,7-10,16H2,1-2H3. The molecule has 0 radical (unpaired) electrons. The van der Waals surface area contributed by atoms with E-state index in [-0.39, 0.29) is 53.2 Å². The third-order valence-electron chi connectivity index (χ3n) is 6.91.